The highest BCUT2D eigenvalue weighted by molar-refractivity contribution is 6.17. The molecule has 1 aromatic rings. The summed E-state index contributed by atoms with van der Waals surface area (Å²) in [5.41, 5.74) is 3.08. The minimum absolute atomic E-state index is 0.0150. The van der Waals surface area contributed by atoms with E-state index in [-0.39, 0.29) is 24.2 Å². The number of carbonyl (C=O) groups is 2. The quantitative estimate of drug-likeness (QED) is 0.671. The molecule has 1 aliphatic heterocycles. The Balaban J connectivity index is 2.05. The SMILES string of the molecule is Cc1ccc(C)c(N2CC(C(=O)NCCCCl)CC2=O)c1. The number of halogens is 1. The molecule has 1 saturated heterocycles. The fourth-order valence-electron chi connectivity index (χ4n) is 2.55. The van der Waals surface area contributed by atoms with Gasteiger partial charge < -0.3 is 10.2 Å². The molecule has 4 nitrogen and oxygen atoms in total. The largest absolute Gasteiger partial charge is 0.356 e. The van der Waals surface area contributed by atoms with Crippen LogP contribution in [0.1, 0.15) is 24.0 Å². The molecular weight excluding hydrogens is 288 g/mol. The van der Waals surface area contributed by atoms with Gasteiger partial charge in [0, 0.05) is 31.1 Å². The molecule has 0 spiro atoms. The third-order valence-electron chi connectivity index (χ3n) is 3.76. The van der Waals surface area contributed by atoms with Crippen LogP contribution >= 0.6 is 11.6 Å². The van der Waals surface area contributed by atoms with Crippen LogP contribution in [0.3, 0.4) is 0 Å². The van der Waals surface area contributed by atoms with Crippen molar-refractivity contribution in [2.24, 2.45) is 5.92 Å². The predicted octanol–water partition coefficient (Wildman–Crippen LogP) is 2.40. The highest BCUT2D eigenvalue weighted by Crippen LogP contribution is 2.28. The zero-order valence-electron chi connectivity index (χ0n) is 12.5. The number of rotatable bonds is 5. The Morgan fingerprint density at radius 2 is 2.19 bits per heavy atom. The van der Waals surface area contributed by atoms with Gasteiger partial charge in [-0.2, -0.15) is 0 Å². The molecule has 1 heterocycles. The molecule has 0 aliphatic carbocycles. The van der Waals surface area contributed by atoms with Gasteiger partial charge in [-0.25, -0.2) is 0 Å². The van der Waals surface area contributed by atoms with E-state index in [2.05, 4.69) is 5.32 Å². The standard InChI is InChI=1S/C16H21ClN2O2/c1-11-4-5-12(2)14(8-11)19-10-13(9-15(19)20)16(21)18-7-3-6-17/h4-5,8,13H,3,6-7,9-10H2,1-2H3,(H,18,21). The van der Waals surface area contributed by atoms with Crippen molar-refractivity contribution in [2.45, 2.75) is 26.7 Å². The molecule has 21 heavy (non-hydrogen) atoms. The van der Waals surface area contributed by atoms with Crippen LogP contribution in [0.25, 0.3) is 0 Å². The number of amides is 2. The summed E-state index contributed by atoms with van der Waals surface area (Å²) in [6, 6.07) is 6.03. The van der Waals surface area contributed by atoms with E-state index >= 15 is 0 Å². The number of benzene rings is 1. The second-order valence-corrected chi connectivity index (χ2v) is 5.91. The van der Waals surface area contributed by atoms with Crippen LogP contribution in [-0.4, -0.2) is 30.8 Å². The molecule has 1 unspecified atom stereocenters. The Bertz CT molecular complexity index is 545. The summed E-state index contributed by atoms with van der Waals surface area (Å²) in [4.78, 5) is 26.0. The first-order valence-corrected chi connectivity index (χ1v) is 7.77. The lowest BCUT2D eigenvalue weighted by Crippen LogP contribution is -2.33. The molecule has 2 amide bonds. The van der Waals surface area contributed by atoms with E-state index in [1.165, 1.54) is 0 Å². The monoisotopic (exact) mass is 308 g/mol. The lowest BCUT2D eigenvalue weighted by Gasteiger charge is -2.19. The van der Waals surface area contributed by atoms with Crippen LogP contribution in [0.5, 0.6) is 0 Å². The number of alkyl halides is 1. The molecule has 1 N–H and O–H groups in total. The lowest BCUT2D eigenvalue weighted by molar-refractivity contribution is -0.126. The fraction of sp³-hybridized carbons (Fsp3) is 0.500. The Hall–Kier alpha value is -1.55. The number of anilines is 1. The Labute approximate surface area is 130 Å². The zero-order chi connectivity index (χ0) is 15.4. The van der Waals surface area contributed by atoms with E-state index in [1.54, 1.807) is 4.90 Å². The maximum atomic E-state index is 12.2. The summed E-state index contributed by atoms with van der Waals surface area (Å²) >= 11 is 5.59. The molecule has 114 valence electrons. The van der Waals surface area contributed by atoms with Gasteiger partial charge in [0.2, 0.25) is 11.8 Å². The summed E-state index contributed by atoms with van der Waals surface area (Å²) in [5, 5.41) is 2.84. The molecule has 0 bridgehead atoms. The smallest absolute Gasteiger partial charge is 0.227 e. The van der Waals surface area contributed by atoms with Crippen molar-refractivity contribution in [3.8, 4) is 0 Å². The van der Waals surface area contributed by atoms with Gasteiger partial charge in [-0.15, -0.1) is 11.6 Å². The molecule has 1 fully saturated rings. The molecular formula is C16H21ClN2O2. The van der Waals surface area contributed by atoms with Gasteiger partial charge in [0.05, 0.1) is 5.92 Å². The second kappa shape index (κ2) is 6.94. The minimum Gasteiger partial charge on any atom is -0.356 e. The van der Waals surface area contributed by atoms with Gasteiger partial charge in [0.25, 0.3) is 0 Å². The number of nitrogens with zero attached hydrogens (tertiary/aromatic N) is 1. The number of aryl methyl sites for hydroxylation is 2. The second-order valence-electron chi connectivity index (χ2n) is 5.53. The van der Waals surface area contributed by atoms with Gasteiger partial charge in [0.15, 0.2) is 0 Å². The van der Waals surface area contributed by atoms with Crippen molar-refractivity contribution in [3.63, 3.8) is 0 Å². The first kappa shape index (κ1) is 15.8. The van der Waals surface area contributed by atoms with Gasteiger partial charge in [-0.05, 0) is 37.5 Å². The maximum Gasteiger partial charge on any atom is 0.227 e. The van der Waals surface area contributed by atoms with Crippen LogP contribution in [0.15, 0.2) is 18.2 Å². The molecule has 1 atom stereocenters. The van der Waals surface area contributed by atoms with Gasteiger partial charge in [0.1, 0.15) is 0 Å². The Morgan fingerprint density at radius 3 is 2.90 bits per heavy atom. The van der Waals surface area contributed by atoms with Gasteiger partial charge in [-0.3, -0.25) is 9.59 Å². The van der Waals surface area contributed by atoms with E-state index < -0.39 is 0 Å². The molecule has 0 saturated carbocycles. The highest BCUT2D eigenvalue weighted by atomic mass is 35.5. The van der Waals surface area contributed by atoms with E-state index in [4.69, 9.17) is 11.6 Å². The van der Waals surface area contributed by atoms with Crippen LogP contribution in [0.4, 0.5) is 5.69 Å². The van der Waals surface area contributed by atoms with Crippen LogP contribution in [0, 0.1) is 19.8 Å². The summed E-state index contributed by atoms with van der Waals surface area (Å²) in [6.45, 7) is 5.00. The predicted molar refractivity (Wildman–Crippen MR) is 84.7 cm³/mol. The summed E-state index contributed by atoms with van der Waals surface area (Å²) in [7, 11) is 0. The van der Waals surface area contributed by atoms with Crippen LogP contribution in [0.2, 0.25) is 0 Å². The lowest BCUT2D eigenvalue weighted by atomic mass is 10.1. The molecule has 1 aliphatic rings. The van der Waals surface area contributed by atoms with Gasteiger partial charge in [-0.1, -0.05) is 12.1 Å². The number of hydrogen-bond donors (Lipinski definition) is 1. The summed E-state index contributed by atoms with van der Waals surface area (Å²) in [5.74, 6) is 0.216. The molecule has 0 radical (unpaired) electrons. The summed E-state index contributed by atoms with van der Waals surface area (Å²) in [6.07, 6.45) is 1.02. The van der Waals surface area contributed by atoms with E-state index in [0.29, 0.717) is 19.0 Å². The fourth-order valence-corrected chi connectivity index (χ4v) is 2.68. The molecule has 5 heteroatoms. The average Bonchev–Trinajstić information content (AvgIpc) is 2.84. The van der Waals surface area contributed by atoms with Crippen molar-refractivity contribution < 1.29 is 9.59 Å². The zero-order valence-corrected chi connectivity index (χ0v) is 13.2. The van der Waals surface area contributed by atoms with Crippen molar-refractivity contribution >= 4 is 29.1 Å². The third-order valence-corrected chi connectivity index (χ3v) is 4.03. The number of carbonyl (C=O) groups excluding carboxylic acids is 2. The molecule has 2 rings (SSSR count). The maximum absolute atomic E-state index is 12.2. The Kier molecular flexibility index (Phi) is 5.23. The number of nitrogens with one attached hydrogen (secondary N) is 1. The summed E-state index contributed by atoms with van der Waals surface area (Å²) < 4.78 is 0. The van der Waals surface area contributed by atoms with E-state index in [0.717, 1.165) is 23.2 Å². The molecule has 0 aromatic heterocycles. The Morgan fingerprint density at radius 1 is 1.43 bits per heavy atom. The third kappa shape index (κ3) is 3.76. The highest BCUT2D eigenvalue weighted by Gasteiger charge is 2.35. The van der Waals surface area contributed by atoms with Gasteiger partial charge >= 0.3 is 0 Å². The number of hydrogen-bond acceptors (Lipinski definition) is 2. The van der Waals surface area contributed by atoms with Crippen LogP contribution in [-0.2, 0) is 9.59 Å². The topological polar surface area (TPSA) is 49.4 Å². The van der Waals surface area contributed by atoms with Crippen LogP contribution < -0.4 is 10.2 Å². The van der Waals surface area contributed by atoms with Crippen molar-refractivity contribution in [1.29, 1.82) is 0 Å². The molecule has 1 aromatic carbocycles. The van der Waals surface area contributed by atoms with Crippen molar-refractivity contribution in [3.05, 3.63) is 29.3 Å². The van der Waals surface area contributed by atoms with E-state index in [1.807, 2.05) is 32.0 Å². The van der Waals surface area contributed by atoms with E-state index in [9.17, 15) is 9.59 Å². The van der Waals surface area contributed by atoms with Crippen molar-refractivity contribution in [1.82, 2.24) is 5.32 Å². The normalized spacial score (nSPS) is 18.1. The van der Waals surface area contributed by atoms with Crippen molar-refractivity contribution in [2.75, 3.05) is 23.9 Å². The first-order chi connectivity index (χ1) is 10.0. The minimum atomic E-state index is -0.271. The first-order valence-electron chi connectivity index (χ1n) is 7.24. The average molecular weight is 309 g/mol.